The van der Waals surface area contributed by atoms with Gasteiger partial charge in [0.25, 0.3) is 0 Å². The van der Waals surface area contributed by atoms with Gasteiger partial charge >= 0.3 is 0 Å². The van der Waals surface area contributed by atoms with E-state index in [9.17, 15) is 4.79 Å². The number of amides is 1. The van der Waals surface area contributed by atoms with Crippen LogP contribution in [0.4, 0.5) is 5.69 Å². The van der Waals surface area contributed by atoms with Crippen LogP contribution in [0.3, 0.4) is 0 Å². The summed E-state index contributed by atoms with van der Waals surface area (Å²) >= 11 is 0. The molecule has 2 aromatic heterocycles. The van der Waals surface area contributed by atoms with Gasteiger partial charge in [0.05, 0.1) is 12.1 Å². The van der Waals surface area contributed by atoms with E-state index >= 15 is 0 Å². The molecule has 0 bridgehead atoms. The van der Waals surface area contributed by atoms with Crippen LogP contribution in [0.25, 0.3) is 11.5 Å². The number of benzene rings is 1. The van der Waals surface area contributed by atoms with E-state index in [1.54, 1.807) is 12.3 Å². The zero-order chi connectivity index (χ0) is 17.1. The molecule has 0 atom stereocenters. The summed E-state index contributed by atoms with van der Waals surface area (Å²) in [6.07, 6.45) is 1.84. The molecule has 0 aliphatic carbocycles. The maximum atomic E-state index is 12.2. The van der Waals surface area contributed by atoms with Crippen molar-refractivity contribution in [1.82, 2.24) is 9.97 Å². The van der Waals surface area contributed by atoms with Gasteiger partial charge in [0.1, 0.15) is 5.76 Å². The number of nitrogens with one attached hydrogen (secondary N) is 1. The smallest absolute Gasteiger partial charge is 0.230 e. The summed E-state index contributed by atoms with van der Waals surface area (Å²) < 4.78 is 5.72. The molecular weight excluding hydrogens is 302 g/mol. The van der Waals surface area contributed by atoms with Crippen LogP contribution in [0.2, 0.25) is 0 Å². The Hall–Kier alpha value is -2.95. The zero-order valence-electron chi connectivity index (χ0n) is 14.0. The largest absolute Gasteiger partial charge is 0.441 e. The van der Waals surface area contributed by atoms with Crippen LogP contribution in [-0.4, -0.2) is 15.9 Å². The molecule has 122 valence electrons. The molecule has 0 unspecified atom stereocenters. The van der Waals surface area contributed by atoms with E-state index < -0.39 is 0 Å². The summed E-state index contributed by atoms with van der Waals surface area (Å²) in [5.41, 5.74) is 4.28. The summed E-state index contributed by atoms with van der Waals surface area (Å²) in [5.74, 6) is 1.07. The molecule has 3 rings (SSSR count). The predicted octanol–water partition coefficient (Wildman–Crippen LogP) is 3.84. The Morgan fingerprint density at radius 2 is 2.00 bits per heavy atom. The Morgan fingerprint density at radius 3 is 2.75 bits per heavy atom. The first-order chi connectivity index (χ1) is 11.5. The van der Waals surface area contributed by atoms with Gasteiger partial charge in [0.2, 0.25) is 11.8 Å². The van der Waals surface area contributed by atoms with Crippen molar-refractivity contribution in [3.05, 3.63) is 65.3 Å². The van der Waals surface area contributed by atoms with Crippen LogP contribution in [0.5, 0.6) is 0 Å². The van der Waals surface area contributed by atoms with E-state index in [-0.39, 0.29) is 12.3 Å². The Kier molecular flexibility index (Phi) is 4.42. The number of anilines is 1. The molecule has 1 aromatic carbocycles. The van der Waals surface area contributed by atoms with E-state index in [1.165, 1.54) is 0 Å². The molecule has 5 heteroatoms. The van der Waals surface area contributed by atoms with Gasteiger partial charge in [0, 0.05) is 23.1 Å². The van der Waals surface area contributed by atoms with E-state index in [2.05, 4.69) is 15.3 Å². The maximum Gasteiger partial charge on any atom is 0.230 e. The number of oxazole rings is 1. The highest BCUT2D eigenvalue weighted by molar-refractivity contribution is 5.92. The van der Waals surface area contributed by atoms with Gasteiger partial charge in [-0.05, 0) is 45.0 Å². The van der Waals surface area contributed by atoms with Gasteiger partial charge in [-0.2, -0.15) is 0 Å². The Morgan fingerprint density at radius 1 is 1.17 bits per heavy atom. The van der Waals surface area contributed by atoms with Crippen molar-refractivity contribution in [3.8, 4) is 11.5 Å². The van der Waals surface area contributed by atoms with Crippen molar-refractivity contribution in [2.75, 3.05) is 5.32 Å². The molecule has 0 aliphatic rings. The fourth-order valence-corrected chi connectivity index (χ4v) is 2.47. The Balaban J connectivity index is 1.75. The van der Waals surface area contributed by atoms with Crippen LogP contribution in [-0.2, 0) is 11.2 Å². The number of aromatic nitrogens is 2. The van der Waals surface area contributed by atoms with Crippen LogP contribution >= 0.6 is 0 Å². The van der Waals surface area contributed by atoms with Crippen molar-refractivity contribution >= 4 is 11.6 Å². The lowest BCUT2D eigenvalue weighted by molar-refractivity contribution is -0.115. The third-order valence-corrected chi connectivity index (χ3v) is 3.67. The van der Waals surface area contributed by atoms with E-state index in [4.69, 9.17) is 4.42 Å². The lowest BCUT2D eigenvalue weighted by Crippen LogP contribution is -2.15. The SMILES string of the molecule is Cc1cccc(-c2nc(CC(=O)Nc3ccnc(C)c3)c(C)o2)c1. The monoisotopic (exact) mass is 321 g/mol. The van der Waals surface area contributed by atoms with E-state index in [0.717, 1.165) is 22.5 Å². The van der Waals surface area contributed by atoms with Crippen LogP contribution in [0.1, 0.15) is 22.7 Å². The van der Waals surface area contributed by atoms with Crippen molar-refractivity contribution in [1.29, 1.82) is 0 Å². The summed E-state index contributed by atoms with van der Waals surface area (Å²) in [5, 5.41) is 2.86. The molecule has 3 aromatic rings. The molecule has 5 nitrogen and oxygen atoms in total. The summed E-state index contributed by atoms with van der Waals surface area (Å²) in [6.45, 7) is 5.72. The molecule has 2 heterocycles. The number of carbonyl (C=O) groups excluding carboxylic acids is 1. The summed E-state index contributed by atoms with van der Waals surface area (Å²) in [4.78, 5) is 20.8. The molecule has 0 saturated heterocycles. The van der Waals surface area contributed by atoms with Crippen molar-refractivity contribution in [2.24, 2.45) is 0 Å². The minimum absolute atomic E-state index is 0.132. The Bertz CT molecular complexity index is 884. The average Bonchev–Trinajstić information content (AvgIpc) is 2.88. The van der Waals surface area contributed by atoms with Crippen molar-refractivity contribution in [3.63, 3.8) is 0 Å². The molecule has 1 N–H and O–H groups in total. The fraction of sp³-hybridized carbons (Fsp3) is 0.211. The number of carbonyl (C=O) groups is 1. The first-order valence-electron chi connectivity index (χ1n) is 7.77. The quantitative estimate of drug-likeness (QED) is 0.792. The topological polar surface area (TPSA) is 68.0 Å². The highest BCUT2D eigenvalue weighted by Crippen LogP contribution is 2.23. The third kappa shape index (κ3) is 3.68. The normalized spacial score (nSPS) is 10.6. The standard InChI is InChI=1S/C19H19N3O2/c1-12-5-4-6-15(9-12)19-22-17(14(3)24-19)11-18(23)21-16-7-8-20-13(2)10-16/h4-10H,11H2,1-3H3,(H,20,21,23). The van der Waals surface area contributed by atoms with E-state index in [1.807, 2.05) is 51.1 Å². The lowest BCUT2D eigenvalue weighted by atomic mass is 10.1. The second kappa shape index (κ2) is 6.66. The van der Waals surface area contributed by atoms with Crippen molar-refractivity contribution in [2.45, 2.75) is 27.2 Å². The highest BCUT2D eigenvalue weighted by atomic mass is 16.4. The molecule has 24 heavy (non-hydrogen) atoms. The first-order valence-corrected chi connectivity index (χ1v) is 7.77. The van der Waals surface area contributed by atoms with Crippen LogP contribution in [0.15, 0.2) is 47.0 Å². The van der Waals surface area contributed by atoms with Gasteiger partial charge < -0.3 is 9.73 Å². The first kappa shape index (κ1) is 15.9. The lowest BCUT2D eigenvalue weighted by Gasteiger charge is -2.04. The number of hydrogen-bond acceptors (Lipinski definition) is 4. The molecule has 0 aliphatic heterocycles. The second-order valence-electron chi connectivity index (χ2n) is 5.80. The summed E-state index contributed by atoms with van der Waals surface area (Å²) in [7, 11) is 0. The van der Waals surface area contributed by atoms with Crippen LogP contribution < -0.4 is 5.32 Å². The number of pyridine rings is 1. The number of nitrogens with zero attached hydrogens (tertiary/aromatic N) is 2. The molecule has 1 amide bonds. The second-order valence-corrected chi connectivity index (χ2v) is 5.80. The predicted molar refractivity (Wildman–Crippen MR) is 92.7 cm³/mol. The minimum Gasteiger partial charge on any atom is -0.441 e. The molecule has 0 radical (unpaired) electrons. The Labute approximate surface area is 140 Å². The zero-order valence-corrected chi connectivity index (χ0v) is 14.0. The molecule has 0 fully saturated rings. The molecule has 0 saturated carbocycles. The van der Waals surface area contributed by atoms with Gasteiger partial charge in [-0.15, -0.1) is 0 Å². The van der Waals surface area contributed by atoms with Gasteiger partial charge in [-0.25, -0.2) is 4.98 Å². The average molecular weight is 321 g/mol. The minimum atomic E-state index is -0.132. The van der Waals surface area contributed by atoms with E-state index in [0.29, 0.717) is 17.3 Å². The highest BCUT2D eigenvalue weighted by Gasteiger charge is 2.15. The molecule has 0 spiro atoms. The summed E-state index contributed by atoms with van der Waals surface area (Å²) in [6, 6.07) is 11.5. The number of hydrogen-bond donors (Lipinski definition) is 1. The number of rotatable bonds is 4. The van der Waals surface area contributed by atoms with Crippen LogP contribution in [0, 0.1) is 20.8 Å². The van der Waals surface area contributed by atoms with Gasteiger partial charge in [0.15, 0.2) is 0 Å². The third-order valence-electron chi connectivity index (χ3n) is 3.67. The number of aryl methyl sites for hydroxylation is 3. The maximum absolute atomic E-state index is 12.2. The fourth-order valence-electron chi connectivity index (χ4n) is 2.47. The van der Waals surface area contributed by atoms with Gasteiger partial charge in [-0.1, -0.05) is 17.7 Å². The van der Waals surface area contributed by atoms with Crippen molar-refractivity contribution < 1.29 is 9.21 Å². The van der Waals surface area contributed by atoms with Gasteiger partial charge in [-0.3, -0.25) is 9.78 Å². The molecular formula is C19H19N3O2.